The lowest BCUT2D eigenvalue weighted by molar-refractivity contribution is -0.117. The summed E-state index contributed by atoms with van der Waals surface area (Å²) >= 11 is 1.50. The minimum absolute atomic E-state index is 0.178. The van der Waals surface area contributed by atoms with Crippen LogP contribution in [0.25, 0.3) is 0 Å². The molecule has 4 N–H and O–H groups in total. The Bertz CT molecular complexity index is 527. The van der Waals surface area contributed by atoms with Crippen LogP contribution in [0.1, 0.15) is 13.8 Å². The standard InChI is InChI=1S/C11H16N6O2S/c1-6-9(7(2)15-11(19)14-6)10(18)12-3-4-20-8-5-13-17-16-8/h5-6H,3-4H2,1-2H3,(H,12,18)(H,13,16,17)(H2,14,15,19)/t6-/m0/s1. The van der Waals surface area contributed by atoms with E-state index in [4.69, 9.17) is 0 Å². The van der Waals surface area contributed by atoms with E-state index in [0.29, 0.717) is 23.6 Å². The van der Waals surface area contributed by atoms with Gasteiger partial charge >= 0.3 is 6.03 Å². The van der Waals surface area contributed by atoms with Crippen LogP contribution in [-0.4, -0.2) is 45.7 Å². The van der Waals surface area contributed by atoms with Crippen LogP contribution in [0.5, 0.6) is 0 Å². The highest BCUT2D eigenvalue weighted by Gasteiger charge is 2.26. The zero-order valence-corrected chi connectivity index (χ0v) is 12.0. The number of carbonyl (C=O) groups is 2. The van der Waals surface area contributed by atoms with E-state index in [0.717, 1.165) is 5.03 Å². The van der Waals surface area contributed by atoms with Crippen molar-refractivity contribution in [3.8, 4) is 0 Å². The fraction of sp³-hybridized carbons (Fsp3) is 0.455. The molecule has 0 aliphatic carbocycles. The van der Waals surface area contributed by atoms with Crippen LogP contribution in [0.2, 0.25) is 0 Å². The number of aromatic nitrogens is 3. The predicted octanol–water partition coefficient (Wildman–Crippen LogP) is -0.0117. The highest BCUT2D eigenvalue weighted by Crippen LogP contribution is 2.13. The topological polar surface area (TPSA) is 112 Å². The Morgan fingerprint density at radius 1 is 1.55 bits per heavy atom. The van der Waals surface area contributed by atoms with Crippen LogP contribution in [0.4, 0.5) is 4.79 Å². The smallest absolute Gasteiger partial charge is 0.319 e. The summed E-state index contributed by atoms with van der Waals surface area (Å²) < 4.78 is 0. The lowest BCUT2D eigenvalue weighted by atomic mass is 10.0. The second-order valence-corrected chi connectivity index (χ2v) is 5.39. The molecule has 20 heavy (non-hydrogen) atoms. The number of allylic oxidation sites excluding steroid dienone is 1. The van der Waals surface area contributed by atoms with Crippen LogP contribution >= 0.6 is 11.8 Å². The van der Waals surface area contributed by atoms with Crippen LogP contribution in [0, 0.1) is 0 Å². The quantitative estimate of drug-likeness (QED) is 0.451. The van der Waals surface area contributed by atoms with E-state index in [-0.39, 0.29) is 18.0 Å². The Labute approximate surface area is 120 Å². The van der Waals surface area contributed by atoms with Crippen molar-refractivity contribution in [1.82, 2.24) is 31.4 Å². The number of nitrogens with zero attached hydrogens (tertiary/aromatic N) is 2. The highest BCUT2D eigenvalue weighted by molar-refractivity contribution is 7.99. The van der Waals surface area contributed by atoms with Crippen LogP contribution in [0.15, 0.2) is 22.5 Å². The number of thioether (sulfide) groups is 1. The Morgan fingerprint density at radius 2 is 2.35 bits per heavy atom. The highest BCUT2D eigenvalue weighted by atomic mass is 32.2. The van der Waals surface area contributed by atoms with Gasteiger partial charge in [-0.25, -0.2) is 4.79 Å². The normalized spacial score (nSPS) is 18.5. The lowest BCUT2D eigenvalue weighted by Gasteiger charge is -2.25. The molecular weight excluding hydrogens is 280 g/mol. The van der Waals surface area contributed by atoms with Crippen molar-refractivity contribution >= 4 is 23.7 Å². The van der Waals surface area contributed by atoms with Gasteiger partial charge in [-0.3, -0.25) is 4.79 Å². The van der Waals surface area contributed by atoms with Crippen LogP contribution in [-0.2, 0) is 4.79 Å². The molecule has 0 saturated carbocycles. The number of aromatic amines is 1. The van der Waals surface area contributed by atoms with Gasteiger partial charge in [0.2, 0.25) is 0 Å². The number of hydrogen-bond donors (Lipinski definition) is 4. The number of H-pyrrole nitrogens is 1. The fourth-order valence-electron chi connectivity index (χ4n) is 1.91. The molecule has 1 aliphatic heterocycles. The first-order valence-electron chi connectivity index (χ1n) is 6.13. The summed E-state index contributed by atoms with van der Waals surface area (Å²) in [5.41, 5.74) is 1.14. The van der Waals surface area contributed by atoms with Gasteiger partial charge < -0.3 is 16.0 Å². The number of amides is 3. The molecule has 0 saturated heterocycles. The van der Waals surface area contributed by atoms with Crippen molar-refractivity contribution < 1.29 is 9.59 Å². The maximum absolute atomic E-state index is 12.1. The third-order valence-corrected chi connectivity index (χ3v) is 3.66. The second-order valence-electron chi connectivity index (χ2n) is 4.27. The van der Waals surface area contributed by atoms with Gasteiger partial charge in [0.1, 0.15) is 5.03 Å². The monoisotopic (exact) mass is 296 g/mol. The Morgan fingerprint density at radius 3 is 3.00 bits per heavy atom. The molecule has 0 fully saturated rings. The van der Waals surface area contributed by atoms with E-state index in [1.54, 1.807) is 20.0 Å². The fourth-order valence-corrected chi connectivity index (χ4v) is 2.56. The van der Waals surface area contributed by atoms with Gasteiger partial charge in [0.15, 0.2) is 0 Å². The third-order valence-electron chi connectivity index (χ3n) is 2.76. The predicted molar refractivity (Wildman–Crippen MR) is 73.9 cm³/mol. The van der Waals surface area contributed by atoms with E-state index in [1.165, 1.54) is 11.8 Å². The molecule has 0 radical (unpaired) electrons. The SMILES string of the molecule is CC1=C(C(=O)NCCSc2cn[nH]n2)[C@H](C)NC(=O)N1. The molecule has 1 aromatic rings. The summed E-state index contributed by atoms with van der Waals surface area (Å²) in [6, 6.07) is -0.583. The summed E-state index contributed by atoms with van der Waals surface area (Å²) in [5, 5.41) is 19.0. The first-order chi connectivity index (χ1) is 9.58. The molecule has 3 amide bonds. The number of nitrogens with one attached hydrogen (secondary N) is 4. The summed E-state index contributed by atoms with van der Waals surface area (Å²) in [4.78, 5) is 23.3. The zero-order valence-electron chi connectivity index (χ0n) is 11.2. The molecule has 0 bridgehead atoms. The Hall–Kier alpha value is -2.03. The van der Waals surface area contributed by atoms with E-state index in [2.05, 4.69) is 31.4 Å². The Kier molecular flexibility index (Phi) is 4.61. The molecule has 108 valence electrons. The van der Waals surface area contributed by atoms with Crippen molar-refractivity contribution in [2.24, 2.45) is 0 Å². The van der Waals surface area contributed by atoms with Gasteiger partial charge in [0, 0.05) is 18.0 Å². The first kappa shape index (κ1) is 14.4. The van der Waals surface area contributed by atoms with Gasteiger partial charge in [-0.05, 0) is 13.8 Å². The summed E-state index contributed by atoms with van der Waals surface area (Å²) in [6.45, 7) is 4.00. The molecular formula is C11H16N6O2S. The molecule has 9 heteroatoms. The molecule has 1 aliphatic rings. The first-order valence-corrected chi connectivity index (χ1v) is 7.11. The zero-order chi connectivity index (χ0) is 14.5. The number of rotatable bonds is 5. The minimum atomic E-state index is -0.299. The average molecular weight is 296 g/mol. The van der Waals surface area contributed by atoms with Crippen molar-refractivity contribution in [2.75, 3.05) is 12.3 Å². The molecule has 8 nitrogen and oxygen atoms in total. The van der Waals surface area contributed by atoms with Crippen molar-refractivity contribution in [1.29, 1.82) is 0 Å². The van der Waals surface area contributed by atoms with E-state index in [9.17, 15) is 9.59 Å². The van der Waals surface area contributed by atoms with Gasteiger partial charge in [-0.1, -0.05) is 0 Å². The van der Waals surface area contributed by atoms with Crippen molar-refractivity contribution in [2.45, 2.75) is 24.9 Å². The average Bonchev–Trinajstić information content (AvgIpc) is 2.86. The van der Waals surface area contributed by atoms with Crippen LogP contribution in [0.3, 0.4) is 0 Å². The molecule has 0 aromatic carbocycles. The minimum Gasteiger partial charge on any atom is -0.351 e. The van der Waals surface area contributed by atoms with E-state index >= 15 is 0 Å². The molecule has 2 heterocycles. The number of hydrogen-bond acceptors (Lipinski definition) is 5. The largest absolute Gasteiger partial charge is 0.351 e. The molecule has 0 unspecified atom stereocenters. The summed E-state index contributed by atoms with van der Waals surface area (Å²) in [7, 11) is 0. The molecule has 1 aromatic heterocycles. The van der Waals surface area contributed by atoms with Crippen LogP contribution < -0.4 is 16.0 Å². The van der Waals surface area contributed by atoms with E-state index in [1.807, 2.05) is 0 Å². The number of urea groups is 1. The molecule has 0 spiro atoms. The second kappa shape index (κ2) is 6.42. The summed E-state index contributed by atoms with van der Waals surface area (Å²) in [5.74, 6) is 0.516. The molecule has 2 rings (SSSR count). The Balaban J connectivity index is 1.82. The van der Waals surface area contributed by atoms with Gasteiger partial charge in [0.25, 0.3) is 5.91 Å². The van der Waals surface area contributed by atoms with Crippen molar-refractivity contribution in [3.63, 3.8) is 0 Å². The summed E-state index contributed by atoms with van der Waals surface area (Å²) in [6.07, 6.45) is 1.63. The lowest BCUT2D eigenvalue weighted by Crippen LogP contribution is -2.50. The maximum atomic E-state index is 12.1. The molecule has 1 atom stereocenters. The van der Waals surface area contributed by atoms with Gasteiger partial charge in [0.05, 0.1) is 17.8 Å². The van der Waals surface area contributed by atoms with Gasteiger partial charge in [-0.15, -0.1) is 16.9 Å². The maximum Gasteiger partial charge on any atom is 0.319 e. The third kappa shape index (κ3) is 3.50. The number of carbonyl (C=O) groups excluding carboxylic acids is 2. The van der Waals surface area contributed by atoms with Gasteiger partial charge in [-0.2, -0.15) is 10.3 Å². The van der Waals surface area contributed by atoms with E-state index < -0.39 is 0 Å². The van der Waals surface area contributed by atoms with Crippen molar-refractivity contribution in [3.05, 3.63) is 17.5 Å².